The van der Waals surface area contributed by atoms with Gasteiger partial charge in [-0.15, -0.1) is 0 Å². The zero-order valence-corrected chi connectivity index (χ0v) is 14.1. The van der Waals surface area contributed by atoms with Gasteiger partial charge in [0.1, 0.15) is 5.60 Å². The normalized spacial score (nSPS) is 13.3. The number of nitrogens with zero attached hydrogens (tertiary/aromatic N) is 2. The van der Waals surface area contributed by atoms with Crippen molar-refractivity contribution in [2.45, 2.75) is 66.0 Å². The molecule has 1 N–H and O–H groups in total. The van der Waals surface area contributed by atoms with Gasteiger partial charge in [0.05, 0.1) is 6.33 Å². The molecule has 0 aliphatic rings. The predicted molar refractivity (Wildman–Crippen MR) is 84.3 cm³/mol. The maximum absolute atomic E-state index is 11.6. The van der Waals surface area contributed by atoms with Crippen LogP contribution < -0.4 is 5.32 Å². The minimum absolute atomic E-state index is 0.371. The van der Waals surface area contributed by atoms with Crippen LogP contribution in [0.15, 0.2) is 12.5 Å². The average Bonchev–Trinajstić information content (AvgIpc) is 2.73. The third kappa shape index (κ3) is 6.65. The molecule has 0 spiro atoms. The van der Waals surface area contributed by atoms with Gasteiger partial charge < -0.3 is 14.6 Å². The van der Waals surface area contributed by atoms with E-state index >= 15 is 0 Å². The third-order valence-corrected chi connectivity index (χ3v) is 3.08. The Labute approximate surface area is 128 Å². The molecule has 5 nitrogen and oxygen atoms in total. The van der Waals surface area contributed by atoms with Crippen LogP contribution in [-0.2, 0) is 11.2 Å². The zero-order valence-electron chi connectivity index (χ0n) is 14.1. The number of imidazole rings is 1. The molecule has 0 fully saturated rings. The zero-order chi connectivity index (χ0) is 16.0. The lowest BCUT2D eigenvalue weighted by Crippen LogP contribution is -2.33. The highest BCUT2D eigenvalue weighted by Gasteiger charge is 2.16. The van der Waals surface area contributed by atoms with E-state index in [4.69, 9.17) is 4.74 Å². The second-order valence-electron chi connectivity index (χ2n) is 6.95. The first-order valence-electron chi connectivity index (χ1n) is 7.66. The third-order valence-electron chi connectivity index (χ3n) is 3.08. The summed E-state index contributed by atoms with van der Waals surface area (Å²) in [6.45, 7) is 12.8. The highest BCUT2D eigenvalue weighted by atomic mass is 16.6. The van der Waals surface area contributed by atoms with E-state index in [1.807, 2.05) is 33.3 Å². The molecular weight excluding hydrogens is 266 g/mol. The van der Waals surface area contributed by atoms with Crippen LogP contribution in [0.3, 0.4) is 0 Å². The summed E-state index contributed by atoms with van der Waals surface area (Å²) in [5.41, 5.74) is 0.677. The minimum Gasteiger partial charge on any atom is -0.444 e. The van der Waals surface area contributed by atoms with E-state index in [9.17, 15) is 4.79 Å². The number of aromatic nitrogens is 2. The van der Waals surface area contributed by atoms with Gasteiger partial charge in [0.15, 0.2) is 0 Å². The summed E-state index contributed by atoms with van der Waals surface area (Å²) in [4.78, 5) is 15.8. The van der Waals surface area contributed by atoms with Gasteiger partial charge in [-0.05, 0) is 40.0 Å². The van der Waals surface area contributed by atoms with Crippen LogP contribution in [0.1, 0.15) is 59.7 Å². The van der Waals surface area contributed by atoms with Crippen LogP contribution >= 0.6 is 0 Å². The molecule has 0 aliphatic carbocycles. The number of alkyl carbamates (subject to hydrolysis) is 1. The average molecular weight is 295 g/mol. The number of carbonyl (C=O) groups excluding carboxylic acids is 1. The Morgan fingerprint density at radius 1 is 1.38 bits per heavy atom. The van der Waals surface area contributed by atoms with Gasteiger partial charge in [-0.1, -0.05) is 13.8 Å². The van der Waals surface area contributed by atoms with E-state index < -0.39 is 5.60 Å². The number of rotatable bonds is 6. The molecule has 21 heavy (non-hydrogen) atoms. The van der Waals surface area contributed by atoms with Crippen molar-refractivity contribution in [3.05, 3.63) is 18.2 Å². The number of amides is 1. The molecule has 0 aliphatic heterocycles. The number of hydrogen-bond donors (Lipinski definition) is 1. The van der Waals surface area contributed by atoms with Crippen LogP contribution in [-0.4, -0.2) is 27.8 Å². The first-order chi connectivity index (χ1) is 9.69. The number of nitrogens with one attached hydrogen (secondary N) is 1. The minimum atomic E-state index is -0.461. The Bertz CT molecular complexity index is 447. The van der Waals surface area contributed by atoms with Crippen molar-refractivity contribution in [3.8, 4) is 0 Å². The Kier molecular flexibility index (Phi) is 6.24. The van der Waals surface area contributed by atoms with E-state index in [1.54, 1.807) is 0 Å². The highest BCUT2D eigenvalue weighted by Crippen LogP contribution is 2.18. The summed E-state index contributed by atoms with van der Waals surface area (Å²) >= 11 is 0. The molecule has 120 valence electrons. The number of carbonyl (C=O) groups is 1. The molecular formula is C16H29N3O2. The van der Waals surface area contributed by atoms with E-state index in [0.717, 1.165) is 18.5 Å². The van der Waals surface area contributed by atoms with Gasteiger partial charge in [0.2, 0.25) is 0 Å². The van der Waals surface area contributed by atoms with Gasteiger partial charge in [0, 0.05) is 30.9 Å². The fourth-order valence-corrected chi connectivity index (χ4v) is 2.33. The Morgan fingerprint density at radius 3 is 2.62 bits per heavy atom. The summed E-state index contributed by atoms with van der Waals surface area (Å²) in [7, 11) is 0. The molecule has 0 saturated carbocycles. The van der Waals surface area contributed by atoms with Gasteiger partial charge in [-0.25, -0.2) is 9.78 Å². The van der Waals surface area contributed by atoms with Crippen molar-refractivity contribution < 1.29 is 9.53 Å². The highest BCUT2D eigenvalue weighted by molar-refractivity contribution is 5.67. The molecule has 0 bridgehead atoms. The Balaban J connectivity index is 2.46. The Hall–Kier alpha value is -1.52. The van der Waals surface area contributed by atoms with Crippen LogP contribution in [0, 0.1) is 5.92 Å². The Morgan fingerprint density at radius 2 is 2.05 bits per heavy atom. The van der Waals surface area contributed by atoms with Crippen LogP contribution in [0.5, 0.6) is 0 Å². The maximum atomic E-state index is 11.6. The molecule has 1 aromatic rings. The second-order valence-corrected chi connectivity index (χ2v) is 6.95. The molecule has 1 rings (SSSR count). The summed E-state index contributed by atoms with van der Waals surface area (Å²) in [6, 6.07) is 0.420. The van der Waals surface area contributed by atoms with Gasteiger partial charge >= 0.3 is 6.09 Å². The summed E-state index contributed by atoms with van der Waals surface area (Å²) < 4.78 is 7.41. The van der Waals surface area contributed by atoms with E-state index in [1.165, 1.54) is 0 Å². The van der Waals surface area contributed by atoms with Crippen LogP contribution in [0.2, 0.25) is 0 Å². The molecule has 1 atom stereocenters. The quantitative estimate of drug-likeness (QED) is 0.873. The topological polar surface area (TPSA) is 56.2 Å². The van der Waals surface area contributed by atoms with Crippen molar-refractivity contribution in [3.63, 3.8) is 0 Å². The molecule has 0 aromatic carbocycles. The van der Waals surface area contributed by atoms with E-state index in [2.05, 4.69) is 35.6 Å². The molecule has 1 aromatic heterocycles. The monoisotopic (exact) mass is 295 g/mol. The van der Waals surface area contributed by atoms with Crippen molar-refractivity contribution >= 4 is 6.09 Å². The molecule has 1 amide bonds. The van der Waals surface area contributed by atoms with Gasteiger partial charge in [0.25, 0.3) is 0 Å². The lowest BCUT2D eigenvalue weighted by molar-refractivity contribution is 0.0528. The number of ether oxygens (including phenoxy) is 1. The summed E-state index contributed by atoms with van der Waals surface area (Å²) in [5.74, 6) is 0.648. The standard InChI is InChI=1S/C16H29N3O2/c1-12(2)9-13(3)19-11-17-10-14(19)7-8-18-15(20)21-16(4,5)6/h10-13H,7-9H2,1-6H3,(H,18,20). The second kappa shape index (κ2) is 7.48. The number of hydrogen-bond acceptors (Lipinski definition) is 3. The first-order valence-corrected chi connectivity index (χ1v) is 7.66. The molecule has 1 unspecified atom stereocenters. The lowest BCUT2D eigenvalue weighted by Gasteiger charge is -2.20. The van der Waals surface area contributed by atoms with Crippen molar-refractivity contribution in [1.82, 2.24) is 14.9 Å². The lowest BCUT2D eigenvalue weighted by atomic mass is 10.0. The maximum Gasteiger partial charge on any atom is 0.407 e. The summed E-state index contributed by atoms with van der Waals surface area (Å²) in [6.07, 6.45) is 5.23. The molecule has 1 heterocycles. The largest absolute Gasteiger partial charge is 0.444 e. The van der Waals surface area contributed by atoms with E-state index in [-0.39, 0.29) is 6.09 Å². The predicted octanol–water partition coefficient (Wildman–Crippen LogP) is 3.56. The van der Waals surface area contributed by atoms with Crippen molar-refractivity contribution in [1.29, 1.82) is 0 Å². The van der Waals surface area contributed by atoms with Crippen molar-refractivity contribution in [2.24, 2.45) is 5.92 Å². The van der Waals surface area contributed by atoms with Crippen molar-refractivity contribution in [2.75, 3.05) is 6.54 Å². The first kappa shape index (κ1) is 17.5. The van der Waals surface area contributed by atoms with Crippen LogP contribution in [0.4, 0.5) is 4.79 Å². The fraction of sp³-hybridized carbons (Fsp3) is 0.750. The van der Waals surface area contributed by atoms with E-state index in [0.29, 0.717) is 18.5 Å². The molecule has 0 radical (unpaired) electrons. The molecule has 0 saturated heterocycles. The molecule has 5 heteroatoms. The summed E-state index contributed by atoms with van der Waals surface area (Å²) in [5, 5.41) is 2.78. The van der Waals surface area contributed by atoms with Gasteiger partial charge in [-0.2, -0.15) is 0 Å². The van der Waals surface area contributed by atoms with Gasteiger partial charge in [-0.3, -0.25) is 0 Å². The smallest absolute Gasteiger partial charge is 0.407 e. The SMILES string of the molecule is CC(C)CC(C)n1cncc1CCNC(=O)OC(C)(C)C. The van der Waals surface area contributed by atoms with Crippen LogP contribution in [0.25, 0.3) is 0 Å². The fourth-order valence-electron chi connectivity index (χ4n) is 2.33.